The van der Waals surface area contributed by atoms with Gasteiger partial charge in [0.25, 0.3) is 10.0 Å². The maximum atomic E-state index is 13.2. The number of para-hydroxylation sites is 1. The maximum Gasteiger partial charge on any atom is 0.264 e. The summed E-state index contributed by atoms with van der Waals surface area (Å²) >= 11 is 0. The van der Waals surface area contributed by atoms with Gasteiger partial charge in [-0.15, -0.1) is 0 Å². The van der Waals surface area contributed by atoms with Gasteiger partial charge in [0.05, 0.1) is 10.6 Å². The summed E-state index contributed by atoms with van der Waals surface area (Å²) in [5, 5.41) is 0. The fraction of sp³-hybridized carbons (Fsp3) is 0.350. The Balaban J connectivity index is 1.68. The van der Waals surface area contributed by atoms with Crippen LogP contribution in [0.25, 0.3) is 0 Å². The Kier molecular flexibility index (Phi) is 4.23. The van der Waals surface area contributed by atoms with Crippen molar-refractivity contribution in [3.63, 3.8) is 0 Å². The van der Waals surface area contributed by atoms with Gasteiger partial charge in [-0.3, -0.25) is 9.10 Å². The molecule has 2 aliphatic heterocycles. The topological polar surface area (TPSA) is 57.7 Å². The largest absolute Gasteiger partial charge is 0.312 e. The molecule has 5 nitrogen and oxygen atoms in total. The third-order valence-corrected chi connectivity index (χ3v) is 6.91. The minimum atomic E-state index is -3.63. The molecule has 0 N–H and O–H groups in total. The number of hydrogen-bond donors (Lipinski definition) is 0. The average Bonchev–Trinajstić information content (AvgIpc) is 3.07. The first-order chi connectivity index (χ1) is 12.5. The number of amides is 1. The standard InChI is InChI=1S/C20H22N2O3S/c1-15-13-16-5-2-3-6-19(16)22(14-15)26(24,25)18-10-8-17(9-11-18)21-12-4-7-20(21)23/h2-3,5-6,8-11,15H,4,7,12-14H2,1H3. The lowest BCUT2D eigenvalue weighted by molar-refractivity contribution is -0.117. The van der Waals surface area contributed by atoms with E-state index in [1.165, 1.54) is 4.31 Å². The first kappa shape index (κ1) is 17.1. The molecule has 1 atom stereocenters. The second-order valence-electron chi connectivity index (χ2n) is 7.12. The third-order valence-electron chi connectivity index (χ3n) is 5.12. The van der Waals surface area contributed by atoms with Crippen LogP contribution in [0.3, 0.4) is 0 Å². The van der Waals surface area contributed by atoms with Gasteiger partial charge in [-0.25, -0.2) is 8.42 Å². The number of sulfonamides is 1. The Bertz CT molecular complexity index is 938. The number of nitrogens with zero attached hydrogens (tertiary/aromatic N) is 2. The van der Waals surface area contributed by atoms with E-state index in [2.05, 4.69) is 6.92 Å². The average molecular weight is 370 g/mol. The zero-order valence-corrected chi connectivity index (χ0v) is 15.6. The van der Waals surface area contributed by atoms with Crippen LogP contribution in [0.2, 0.25) is 0 Å². The molecular formula is C20H22N2O3S. The van der Waals surface area contributed by atoms with Gasteiger partial charge in [-0.2, -0.15) is 0 Å². The predicted molar refractivity (Wildman–Crippen MR) is 102 cm³/mol. The highest BCUT2D eigenvalue weighted by molar-refractivity contribution is 7.92. The van der Waals surface area contributed by atoms with E-state index < -0.39 is 10.0 Å². The molecule has 6 heteroatoms. The first-order valence-corrected chi connectivity index (χ1v) is 10.4. The van der Waals surface area contributed by atoms with Gasteiger partial charge < -0.3 is 4.90 Å². The lowest BCUT2D eigenvalue weighted by Crippen LogP contribution is -2.39. The van der Waals surface area contributed by atoms with Crippen molar-refractivity contribution in [2.75, 3.05) is 22.3 Å². The SMILES string of the molecule is CC1Cc2ccccc2N(S(=O)(=O)c2ccc(N3CCCC3=O)cc2)C1. The molecule has 1 unspecified atom stereocenters. The van der Waals surface area contributed by atoms with Gasteiger partial charge in [0.15, 0.2) is 0 Å². The Hall–Kier alpha value is -2.34. The van der Waals surface area contributed by atoms with Crippen LogP contribution in [0.5, 0.6) is 0 Å². The van der Waals surface area contributed by atoms with Crippen molar-refractivity contribution in [3.05, 3.63) is 54.1 Å². The molecule has 2 aromatic rings. The fourth-order valence-electron chi connectivity index (χ4n) is 3.82. The highest BCUT2D eigenvalue weighted by Gasteiger charge is 2.32. The second kappa shape index (κ2) is 6.43. The molecule has 0 saturated carbocycles. The lowest BCUT2D eigenvalue weighted by atomic mass is 9.96. The summed E-state index contributed by atoms with van der Waals surface area (Å²) in [5.74, 6) is 0.362. The maximum absolute atomic E-state index is 13.2. The summed E-state index contributed by atoms with van der Waals surface area (Å²) < 4.78 is 28.0. The van der Waals surface area contributed by atoms with Crippen molar-refractivity contribution >= 4 is 27.3 Å². The number of carbonyl (C=O) groups excluding carboxylic acids is 1. The monoisotopic (exact) mass is 370 g/mol. The Labute approximate surface area is 154 Å². The molecule has 2 heterocycles. The fourth-order valence-corrected chi connectivity index (χ4v) is 5.44. The number of benzene rings is 2. The van der Waals surface area contributed by atoms with E-state index in [0.29, 0.717) is 19.5 Å². The van der Waals surface area contributed by atoms with Gasteiger partial charge in [0.2, 0.25) is 5.91 Å². The van der Waals surface area contributed by atoms with Crippen LogP contribution in [0.4, 0.5) is 11.4 Å². The lowest BCUT2D eigenvalue weighted by Gasteiger charge is -2.34. The van der Waals surface area contributed by atoms with E-state index in [-0.39, 0.29) is 16.7 Å². The van der Waals surface area contributed by atoms with Crippen molar-refractivity contribution in [1.82, 2.24) is 0 Å². The van der Waals surface area contributed by atoms with Gasteiger partial charge in [-0.1, -0.05) is 25.1 Å². The highest BCUT2D eigenvalue weighted by Crippen LogP contribution is 2.34. The molecule has 2 aromatic carbocycles. The Morgan fingerprint density at radius 2 is 1.77 bits per heavy atom. The first-order valence-electron chi connectivity index (χ1n) is 8.98. The molecule has 4 rings (SSSR count). The normalized spacial score (nSPS) is 20.3. The number of hydrogen-bond acceptors (Lipinski definition) is 3. The molecule has 26 heavy (non-hydrogen) atoms. The zero-order chi connectivity index (χ0) is 18.3. The van der Waals surface area contributed by atoms with Gasteiger partial charge in [0.1, 0.15) is 0 Å². The summed E-state index contributed by atoms with van der Waals surface area (Å²) in [6, 6.07) is 14.4. The smallest absolute Gasteiger partial charge is 0.264 e. The number of anilines is 2. The van der Waals surface area contributed by atoms with Crippen molar-refractivity contribution in [1.29, 1.82) is 0 Å². The van der Waals surface area contributed by atoms with Crippen LogP contribution in [0.15, 0.2) is 53.4 Å². The molecule has 1 saturated heterocycles. The van der Waals surface area contributed by atoms with E-state index in [1.54, 1.807) is 29.2 Å². The van der Waals surface area contributed by atoms with E-state index >= 15 is 0 Å². The number of fused-ring (bicyclic) bond motifs is 1. The molecule has 0 aromatic heterocycles. The Morgan fingerprint density at radius 1 is 1.04 bits per heavy atom. The quantitative estimate of drug-likeness (QED) is 0.834. The van der Waals surface area contributed by atoms with Crippen molar-refractivity contribution in [2.45, 2.75) is 31.1 Å². The summed E-state index contributed by atoms with van der Waals surface area (Å²) in [4.78, 5) is 13.9. The second-order valence-corrected chi connectivity index (χ2v) is 8.98. The van der Waals surface area contributed by atoms with E-state index in [4.69, 9.17) is 0 Å². The third kappa shape index (κ3) is 2.88. The van der Waals surface area contributed by atoms with E-state index in [0.717, 1.165) is 29.8 Å². The minimum Gasteiger partial charge on any atom is -0.312 e. The molecule has 1 fully saturated rings. The van der Waals surface area contributed by atoms with Crippen LogP contribution in [0.1, 0.15) is 25.3 Å². The molecule has 2 aliphatic rings. The summed E-state index contributed by atoms with van der Waals surface area (Å²) in [6.45, 7) is 3.24. The van der Waals surface area contributed by atoms with E-state index in [1.807, 2.05) is 24.3 Å². The van der Waals surface area contributed by atoms with Crippen LogP contribution < -0.4 is 9.21 Å². The molecule has 0 bridgehead atoms. The summed E-state index contributed by atoms with van der Waals surface area (Å²) in [6.07, 6.45) is 2.29. The van der Waals surface area contributed by atoms with Crippen LogP contribution in [-0.4, -0.2) is 27.4 Å². The number of carbonyl (C=O) groups is 1. The molecule has 0 spiro atoms. The highest BCUT2D eigenvalue weighted by atomic mass is 32.2. The molecule has 1 amide bonds. The van der Waals surface area contributed by atoms with E-state index in [9.17, 15) is 13.2 Å². The summed E-state index contributed by atoms with van der Waals surface area (Å²) in [5.41, 5.74) is 2.59. The molecule has 0 radical (unpaired) electrons. The van der Waals surface area contributed by atoms with Crippen LogP contribution in [0, 0.1) is 5.92 Å². The van der Waals surface area contributed by atoms with Gasteiger partial charge in [-0.05, 0) is 54.7 Å². The van der Waals surface area contributed by atoms with Crippen molar-refractivity contribution in [3.8, 4) is 0 Å². The number of rotatable bonds is 3. The molecule has 0 aliphatic carbocycles. The van der Waals surface area contributed by atoms with Gasteiger partial charge in [0, 0.05) is 25.2 Å². The van der Waals surface area contributed by atoms with Crippen molar-refractivity contribution < 1.29 is 13.2 Å². The van der Waals surface area contributed by atoms with Crippen LogP contribution in [-0.2, 0) is 21.2 Å². The molecule has 136 valence electrons. The zero-order valence-electron chi connectivity index (χ0n) is 14.8. The van der Waals surface area contributed by atoms with Crippen molar-refractivity contribution in [2.24, 2.45) is 5.92 Å². The minimum absolute atomic E-state index is 0.0967. The predicted octanol–water partition coefficient (Wildman–Crippen LogP) is 3.20. The summed E-state index contributed by atoms with van der Waals surface area (Å²) in [7, 11) is -3.63. The Morgan fingerprint density at radius 3 is 2.46 bits per heavy atom. The van der Waals surface area contributed by atoms with Crippen LogP contribution >= 0.6 is 0 Å². The van der Waals surface area contributed by atoms with Gasteiger partial charge >= 0.3 is 0 Å². The molecular weight excluding hydrogens is 348 g/mol.